The van der Waals surface area contributed by atoms with Gasteiger partial charge in [-0.15, -0.1) is 11.6 Å². The molecule has 0 saturated carbocycles. The van der Waals surface area contributed by atoms with Crippen molar-refractivity contribution >= 4 is 23.5 Å². The smallest absolute Gasteiger partial charge is 0.332 e. The Kier molecular flexibility index (Phi) is 4.73. The first-order chi connectivity index (χ1) is 8.36. The Morgan fingerprint density at radius 1 is 1.22 bits per heavy atom. The topological polar surface area (TPSA) is 46.6 Å². The van der Waals surface area contributed by atoms with Gasteiger partial charge in [0, 0.05) is 0 Å². The Labute approximate surface area is 111 Å². The van der Waals surface area contributed by atoms with Crippen molar-refractivity contribution in [3.63, 3.8) is 0 Å². The molecule has 1 aromatic rings. The zero-order valence-electron chi connectivity index (χ0n) is 10.6. The minimum atomic E-state index is -0.642. The molecule has 18 heavy (non-hydrogen) atoms. The maximum Gasteiger partial charge on any atom is 0.363 e. The predicted octanol–water partition coefficient (Wildman–Crippen LogP) is 2.62. The van der Waals surface area contributed by atoms with Crippen molar-refractivity contribution in [1.82, 2.24) is 5.06 Å². The molecule has 5 heteroatoms. The van der Waals surface area contributed by atoms with E-state index in [9.17, 15) is 9.59 Å². The molecule has 1 aromatic carbocycles. The van der Waals surface area contributed by atoms with Crippen LogP contribution in [-0.2, 0) is 9.63 Å². The summed E-state index contributed by atoms with van der Waals surface area (Å²) >= 11 is 5.50. The number of hydroxylamine groups is 2. The van der Waals surface area contributed by atoms with Gasteiger partial charge in [0.05, 0.1) is 11.1 Å². The van der Waals surface area contributed by atoms with Crippen molar-refractivity contribution in [2.24, 2.45) is 0 Å². The van der Waals surface area contributed by atoms with Crippen LogP contribution in [0.4, 0.5) is 0 Å². The van der Waals surface area contributed by atoms with E-state index in [0.717, 1.165) is 5.06 Å². The van der Waals surface area contributed by atoms with E-state index in [1.54, 1.807) is 51.1 Å². The fourth-order valence-electron chi connectivity index (χ4n) is 1.33. The molecule has 0 unspecified atom stereocenters. The molecule has 0 aromatic heterocycles. The van der Waals surface area contributed by atoms with Crippen molar-refractivity contribution in [2.75, 3.05) is 5.88 Å². The fraction of sp³-hybridized carbons (Fsp3) is 0.385. The summed E-state index contributed by atoms with van der Waals surface area (Å²) in [5, 5.41) is 1.01. The standard InChI is InChI=1S/C13H16ClNO3/c1-13(2,3)15(11(16)9-14)18-12(17)10-7-5-4-6-8-10/h4-8H,9H2,1-3H3. The van der Waals surface area contributed by atoms with Gasteiger partial charge in [-0.2, -0.15) is 5.06 Å². The van der Waals surface area contributed by atoms with Gasteiger partial charge in [-0.1, -0.05) is 18.2 Å². The van der Waals surface area contributed by atoms with E-state index in [0.29, 0.717) is 5.56 Å². The third kappa shape index (κ3) is 3.74. The first kappa shape index (κ1) is 14.5. The second-order valence-corrected chi connectivity index (χ2v) is 5.00. The quantitative estimate of drug-likeness (QED) is 0.612. The molecule has 0 saturated heterocycles. The fourth-order valence-corrected chi connectivity index (χ4v) is 1.43. The summed E-state index contributed by atoms with van der Waals surface area (Å²) in [5.41, 5.74) is -0.259. The SMILES string of the molecule is CC(C)(C)N(OC(=O)c1ccccc1)C(=O)CCl. The maximum absolute atomic E-state index is 11.9. The molecule has 0 heterocycles. The summed E-state index contributed by atoms with van der Waals surface area (Å²) in [6.07, 6.45) is 0. The summed E-state index contributed by atoms with van der Waals surface area (Å²) in [6.45, 7) is 5.28. The van der Waals surface area contributed by atoms with Crippen LogP contribution in [-0.4, -0.2) is 28.4 Å². The van der Waals surface area contributed by atoms with Crippen LogP contribution in [0.1, 0.15) is 31.1 Å². The van der Waals surface area contributed by atoms with Crippen molar-refractivity contribution < 1.29 is 14.4 Å². The highest BCUT2D eigenvalue weighted by Crippen LogP contribution is 2.16. The molecule has 0 aliphatic heterocycles. The summed E-state index contributed by atoms with van der Waals surface area (Å²) < 4.78 is 0. The Morgan fingerprint density at radius 3 is 2.22 bits per heavy atom. The highest BCUT2D eigenvalue weighted by molar-refractivity contribution is 6.27. The largest absolute Gasteiger partial charge is 0.363 e. The van der Waals surface area contributed by atoms with Crippen molar-refractivity contribution in [1.29, 1.82) is 0 Å². The average molecular weight is 270 g/mol. The van der Waals surface area contributed by atoms with Gasteiger partial charge < -0.3 is 4.84 Å². The summed E-state index contributed by atoms with van der Waals surface area (Å²) in [7, 11) is 0. The first-order valence-electron chi connectivity index (χ1n) is 5.52. The lowest BCUT2D eigenvalue weighted by molar-refractivity contribution is -0.185. The number of alkyl halides is 1. The molecule has 0 spiro atoms. The molecule has 4 nitrogen and oxygen atoms in total. The monoisotopic (exact) mass is 269 g/mol. The van der Waals surface area contributed by atoms with Gasteiger partial charge in [0.25, 0.3) is 5.91 Å². The van der Waals surface area contributed by atoms with Crippen LogP contribution in [0.3, 0.4) is 0 Å². The molecule has 0 bridgehead atoms. The van der Waals surface area contributed by atoms with E-state index in [1.807, 2.05) is 0 Å². The van der Waals surface area contributed by atoms with E-state index < -0.39 is 17.4 Å². The Bertz CT molecular complexity index is 426. The second-order valence-electron chi connectivity index (χ2n) is 4.74. The normalized spacial score (nSPS) is 10.9. The number of amides is 1. The van der Waals surface area contributed by atoms with Crippen molar-refractivity contribution in [3.8, 4) is 0 Å². The van der Waals surface area contributed by atoms with Crippen molar-refractivity contribution in [3.05, 3.63) is 35.9 Å². The van der Waals surface area contributed by atoms with E-state index in [2.05, 4.69) is 0 Å². The van der Waals surface area contributed by atoms with E-state index in [1.165, 1.54) is 0 Å². The number of nitrogens with zero attached hydrogens (tertiary/aromatic N) is 1. The summed E-state index contributed by atoms with van der Waals surface area (Å²) in [6, 6.07) is 8.48. The minimum absolute atomic E-state index is 0.237. The second kappa shape index (κ2) is 5.87. The number of benzene rings is 1. The lowest BCUT2D eigenvalue weighted by Gasteiger charge is -2.32. The van der Waals surface area contributed by atoms with Gasteiger partial charge >= 0.3 is 5.97 Å². The van der Waals surface area contributed by atoms with Gasteiger partial charge in [-0.05, 0) is 32.9 Å². The molecular formula is C13H16ClNO3. The molecule has 1 amide bonds. The average Bonchev–Trinajstić information content (AvgIpc) is 2.34. The Balaban J connectivity index is 2.86. The van der Waals surface area contributed by atoms with Crippen molar-refractivity contribution in [2.45, 2.75) is 26.3 Å². The third-order valence-electron chi connectivity index (χ3n) is 2.13. The summed E-state index contributed by atoms with van der Waals surface area (Å²) in [5.74, 6) is -1.27. The minimum Gasteiger partial charge on any atom is -0.332 e. The Morgan fingerprint density at radius 2 is 1.78 bits per heavy atom. The molecule has 0 N–H and O–H groups in total. The lowest BCUT2D eigenvalue weighted by Crippen LogP contribution is -2.47. The molecule has 0 aliphatic rings. The van der Waals surface area contributed by atoms with Gasteiger partial charge in [0.15, 0.2) is 0 Å². The number of hydrogen-bond donors (Lipinski definition) is 0. The number of hydrogen-bond acceptors (Lipinski definition) is 3. The number of halogens is 1. The predicted molar refractivity (Wildman–Crippen MR) is 69.2 cm³/mol. The number of carbonyl (C=O) groups is 2. The Hall–Kier alpha value is -1.55. The van der Waals surface area contributed by atoms with Crippen LogP contribution in [0.5, 0.6) is 0 Å². The van der Waals surface area contributed by atoms with Crippen LogP contribution in [0, 0.1) is 0 Å². The molecule has 0 fully saturated rings. The van der Waals surface area contributed by atoms with Gasteiger partial charge in [-0.25, -0.2) is 4.79 Å². The van der Waals surface area contributed by atoms with Crippen LogP contribution >= 0.6 is 11.6 Å². The molecule has 0 radical (unpaired) electrons. The number of carbonyl (C=O) groups excluding carboxylic acids is 2. The summed E-state index contributed by atoms with van der Waals surface area (Å²) in [4.78, 5) is 28.6. The third-order valence-corrected chi connectivity index (χ3v) is 2.36. The molecule has 1 rings (SSSR count). The maximum atomic E-state index is 11.9. The molecule has 98 valence electrons. The van der Waals surface area contributed by atoms with E-state index >= 15 is 0 Å². The van der Waals surface area contributed by atoms with E-state index in [4.69, 9.17) is 16.4 Å². The highest BCUT2D eigenvalue weighted by atomic mass is 35.5. The molecule has 0 atom stereocenters. The van der Waals surface area contributed by atoms with Gasteiger partial charge in [0.1, 0.15) is 5.88 Å². The van der Waals surface area contributed by atoms with Gasteiger partial charge in [0.2, 0.25) is 0 Å². The molecular weight excluding hydrogens is 254 g/mol. The van der Waals surface area contributed by atoms with Crippen LogP contribution < -0.4 is 0 Å². The first-order valence-corrected chi connectivity index (χ1v) is 6.06. The van der Waals surface area contributed by atoms with Crippen LogP contribution in [0.15, 0.2) is 30.3 Å². The van der Waals surface area contributed by atoms with E-state index in [-0.39, 0.29) is 5.88 Å². The zero-order chi connectivity index (χ0) is 13.8. The van der Waals surface area contributed by atoms with Crippen LogP contribution in [0.2, 0.25) is 0 Å². The number of rotatable bonds is 2. The highest BCUT2D eigenvalue weighted by Gasteiger charge is 2.30. The zero-order valence-corrected chi connectivity index (χ0v) is 11.4. The van der Waals surface area contributed by atoms with Gasteiger partial charge in [-0.3, -0.25) is 4.79 Å². The lowest BCUT2D eigenvalue weighted by atomic mass is 10.1. The molecule has 0 aliphatic carbocycles. The van der Waals surface area contributed by atoms with Crippen LogP contribution in [0.25, 0.3) is 0 Å².